The molecule has 0 saturated carbocycles. The molecular weight excluding hydrogens is 406 g/mol. The van der Waals surface area contributed by atoms with E-state index in [9.17, 15) is 4.79 Å². The Labute approximate surface area is 198 Å². The van der Waals surface area contributed by atoms with Gasteiger partial charge in [0.15, 0.2) is 0 Å². The molecule has 1 aromatic heterocycles. The summed E-state index contributed by atoms with van der Waals surface area (Å²) >= 11 is 0. The number of hydrogen-bond donors (Lipinski definition) is 0. The third kappa shape index (κ3) is 16.0. The minimum atomic E-state index is -0.376. The van der Waals surface area contributed by atoms with Gasteiger partial charge in [-0.15, -0.1) is 0 Å². The number of carbonyl (C=O) groups excluding carboxylic acids is 1. The van der Waals surface area contributed by atoms with Crippen molar-refractivity contribution in [2.24, 2.45) is 0 Å². The van der Waals surface area contributed by atoms with Gasteiger partial charge in [0, 0.05) is 28.9 Å². The summed E-state index contributed by atoms with van der Waals surface area (Å²) in [7, 11) is 0. The van der Waals surface area contributed by atoms with Gasteiger partial charge in [-0.05, 0) is 19.4 Å². The van der Waals surface area contributed by atoms with E-state index in [-0.39, 0.29) is 18.4 Å². The predicted molar refractivity (Wildman–Crippen MR) is 126 cm³/mol. The van der Waals surface area contributed by atoms with Gasteiger partial charge in [0.1, 0.15) is 0 Å². The summed E-state index contributed by atoms with van der Waals surface area (Å²) in [5, 5.41) is 0. The number of carbonyl (C=O) groups is 1. The normalized spacial score (nSPS) is 10.5. The first kappa shape index (κ1) is 29.7. The number of unbranched alkanes of at least 4 members (excludes halogenated alkanes) is 15. The van der Waals surface area contributed by atoms with Gasteiger partial charge in [-0.3, -0.25) is 0 Å². The Morgan fingerprint density at radius 2 is 1.26 bits per heavy atom. The second kappa shape index (κ2) is 20.5. The van der Waals surface area contributed by atoms with Crippen LogP contribution in [0.2, 0.25) is 0 Å². The molecular formula is C27H46ClNO2. The first-order valence-electron chi connectivity index (χ1n) is 12.5. The summed E-state index contributed by atoms with van der Waals surface area (Å²) in [4.78, 5) is 17.1. The van der Waals surface area contributed by atoms with Crippen LogP contribution in [0.1, 0.15) is 122 Å². The molecule has 1 rings (SSSR count). The van der Waals surface area contributed by atoms with Crippen LogP contribution in [0, 0.1) is 0 Å². The summed E-state index contributed by atoms with van der Waals surface area (Å²) in [6.07, 6.45) is 24.7. The maximum Gasteiger partial charge on any atom is 0.406 e. The minimum absolute atomic E-state index is 0. The van der Waals surface area contributed by atoms with Crippen molar-refractivity contribution < 1.29 is 26.8 Å². The number of nitrogens with zero attached hydrogens (tertiary/aromatic N) is 1. The van der Waals surface area contributed by atoms with E-state index < -0.39 is 0 Å². The van der Waals surface area contributed by atoms with E-state index in [4.69, 9.17) is 4.84 Å². The number of hydrogen-bond acceptors (Lipinski definition) is 2. The lowest BCUT2D eigenvalue weighted by Gasteiger charge is -2.04. The van der Waals surface area contributed by atoms with Crippen molar-refractivity contribution in [1.82, 2.24) is 0 Å². The molecule has 0 amide bonds. The van der Waals surface area contributed by atoms with E-state index in [1.807, 2.05) is 18.2 Å². The van der Waals surface area contributed by atoms with Crippen molar-refractivity contribution in [2.75, 3.05) is 0 Å². The van der Waals surface area contributed by atoms with Gasteiger partial charge in [0.25, 0.3) is 0 Å². The fourth-order valence-corrected chi connectivity index (χ4v) is 3.77. The molecule has 0 aliphatic rings. The molecule has 0 aliphatic heterocycles. The van der Waals surface area contributed by atoms with Crippen molar-refractivity contribution in [1.29, 1.82) is 0 Å². The third-order valence-electron chi connectivity index (χ3n) is 5.72. The molecule has 1 heterocycles. The lowest BCUT2D eigenvalue weighted by Crippen LogP contribution is -3.00. The van der Waals surface area contributed by atoms with Gasteiger partial charge in [-0.25, -0.2) is 4.79 Å². The molecule has 0 spiro atoms. The lowest BCUT2D eigenvalue weighted by molar-refractivity contribution is -0.874. The number of aromatic nitrogens is 1. The maximum atomic E-state index is 11.7. The molecule has 0 aromatic carbocycles. The van der Waals surface area contributed by atoms with Crippen molar-refractivity contribution >= 4 is 5.97 Å². The molecule has 0 fully saturated rings. The van der Waals surface area contributed by atoms with Crippen molar-refractivity contribution in [2.45, 2.75) is 123 Å². The molecule has 0 saturated heterocycles. The van der Waals surface area contributed by atoms with E-state index in [2.05, 4.69) is 13.5 Å². The monoisotopic (exact) mass is 451 g/mol. The average molecular weight is 452 g/mol. The van der Waals surface area contributed by atoms with Crippen molar-refractivity contribution in [3.63, 3.8) is 0 Å². The van der Waals surface area contributed by atoms with E-state index in [0.717, 1.165) is 18.5 Å². The average Bonchev–Trinajstić information content (AvgIpc) is 2.74. The summed E-state index contributed by atoms with van der Waals surface area (Å²) in [6, 6.07) is 5.90. The predicted octanol–water partition coefficient (Wildman–Crippen LogP) is 4.31. The molecule has 0 aliphatic carbocycles. The quantitative estimate of drug-likeness (QED) is 0.178. The molecule has 4 heteroatoms. The molecule has 31 heavy (non-hydrogen) atoms. The van der Waals surface area contributed by atoms with E-state index >= 15 is 0 Å². The van der Waals surface area contributed by atoms with Crippen LogP contribution in [-0.2, 0) is 11.2 Å². The Kier molecular flexibility index (Phi) is 19.7. The summed E-state index contributed by atoms with van der Waals surface area (Å²) in [5.41, 5.74) is 1.46. The van der Waals surface area contributed by atoms with Crippen LogP contribution in [-0.4, -0.2) is 5.97 Å². The van der Waals surface area contributed by atoms with Gasteiger partial charge in [-0.2, -0.15) is 4.84 Å². The van der Waals surface area contributed by atoms with Crippen LogP contribution in [0.5, 0.6) is 0 Å². The maximum absolute atomic E-state index is 11.7. The molecule has 1 aromatic rings. The fourth-order valence-electron chi connectivity index (χ4n) is 3.77. The van der Waals surface area contributed by atoms with Crippen LogP contribution >= 0.6 is 0 Å². The smallest absolute Gasteiger partial charge is 0.406 e. The Morgan fingerprint density at radius 1 is 0.806 bits per heavy atom. The Bertz CT molecular complexity index is 588. The highest BCUT2D eigenvalue weighted by atomic mass is 35.5. The van der Waals surface area contributed by atoms with E-state index in [0.29, 0.717) is 5.57 Å². The Balaban J connectivity index is 0.00000900. The zero-order chi connectivity index (χ0) is 21.9. The second-order valence-electron chi connectivity index (χ2n) is 8.73. The van der Waals surface area contributed by atoms with Gasteiger partial charge in [0.05, 0.1) is 0 Å². The standard InChI is InChI=1S/C27H46NO2.ClH/c1-4-5-6-7-8-9-10-11-12-13-14-15-16-17-18-19-22-26-23-20-21-24-28(26)30-27(29)25(2)3;/h20-21,23-24H,2,4-19,22H2,1,3H3;1H/q+1;/p-1. The van der Waals surface area contributed by atoms with Gasteiger partial charge < -0.3 is 12.4 Å². The van der Waals surface area contributed by atoms with E-state index in [1.165, 1.54) is 96.3 Å². The molecule has 0 radical (unpaired) electrons. The SMILES string of the molecule is C=C(C)C(=O)O[n+]1ccccc1CCCCCCCCCCCCCCCCCC.[Cl-]. The van der Waals surface area contributed by atoms with Gasteiger partial charge >= 0.3 is 5.97 Å². The molecule has 0 N–H and O–H groups in total. The number of rotatable bonds is 19. The lowest BCUT2D eigenvalue weighted by atomic mass is 10.0. The topological polar surface area (TPSA) is 30.2 Å². The summed E-state index contributed by atoms with van der Waals surface area (Å²) < 4.78 is 1.59. The number of halogens is 1. The fraction of sp³-hybridized carbons (Fsp3) is 0.704. The Hall–Kier alpha value is -1.35. The highest BCUT2D eigenvalue weighted by Gasteiger charge is 2.16. The zero-order valence-corrected chi connectivity index (χ0v) is 20.9. The van der Waals surface area contributed by atoms with Gasteiger partial charge in [0.2, 0.25) is 11.9 Å². The molecule has 178 valence electrons. The van der Waals surface area contributed by atoms with Crippen LogP contribution < -0.4 is 22.0 Å². The van der Waals surface area contributed by atoms with Crippen LogP contribution in [0.3, 0.4) is 0 Å². The second-order valence-corrected chi connectivity index (χ2v) is 8.73. The largest absolute Gasteiger partial charge is 1.00 e. The molecule has 0 unspecified atom stereocenters. The highest BCUT2D eigenvalue weighted by Crippen LogP contribution is 2.14. The number of aryl methyl sites for hydroxylation is 1. The van der Waals surface area contributed by atoms with Gasteiger partial charge in [-0.1, -0.05) is 110 Å². The summed E-state index contributed by atoms with van der Waals surface area (Å²) in [5.74, 6) is -0.376. The first-order valence-corrected chi connectivity index (χ1v) is 12.5. The summed E-state index contributed by atoms with van der Waals surface area (Å²) in [6.45, 7) is 7.59. The zero-order valence-electron chi connectivity index (χ0n) is 20.2. The Morgan fingerprint density at radius 3 is 1.71 bits per heavy atom. The number of pyridine rings is 1. The van der Waals surface area contributed by atoms with Crippen molar-refractivity contribution in [3.05, 3.63) is 42.2 Å². The molecule has 0 atom stereocenters. The van der Waals surface area contributed by atoms with Crippen LogP contribution in [0.15, 0.2) is 36.5 Å². The third-order valence-corrected chi connectivity index (χ3v) is 5.72. The van der Waals surface area contributed by atoms with E-state index in [1.54, 1.807) is 17.9 Å². The minimum Gasteiger partial charge on any atom is -1.00 e. The molecule has 3 nitrogen and oxygen atoms in total. The molecule has 0 bridgehead atoms. The van der Waals surface area contributed by atoms with Crippen LogP contribution in [0.25, 0.3) is 0 Å². The van der Waals surface area contributed by atoms with Crippen LogP contribution in [0.4, 0.5) is 0 Å². The van der Waals surface area contributed by atoms with Crippen molar-refractivity contribution in [3.8, 4) is 0 Å². The highest BCUT2D eigenvalue weighted by molar-refractivity contribution is 5.86. The first-order chi connectivity index (χ1) is 14.6.